The first-order valence-corrected chi connectivity index (χ1v) is 11.7. The smallest absolute Gasteiger partial charge is 0.330 e. The van der Waals surface area contributed by atoms with E-state index < -0.39 is 48.8 Å². The molecule has 1 aromatic heterocycles. The molecular formula is C22H33FN2O8. The average molecular weight is 473 g/mol. The molecule has 6 atom stereocenters. The molecule has 186 valence electrons. The van der Waals surface area contributed by atoms with Gasteiger partial charge in [0.15, 0.2) is 18.8 Å². The van der Waals surface area contributed by atoms with Crippen molar-refractivity contribution in [3.63, 3.8) is 0 Å². The molecule has 0 radical (unpaired) electrons. The predicted octanol–water partition coefficient (Wildman–Crippen LogP) is 1.55. The fourth-order valence-electron chi connectivity index (χ4n) is 4.40. The Labute approximate surface area is 191 Å². The quantitative estimate of drug-likeness (QED) is 0.577. The fraction of sp³-hybridized carbons (Fsp3) is 0.818. The summed E-state index contributed by atoms with van der Waals surface area (Å²) in [6, 6.07) is 0. The summed E-state index contributed by atoms with van der Waals surface area (Å²) in [7, 11) is 0. The van der Waals surface area contributed by atoms with Crippen molar-refractivity contribution in [3.05, 3.63) is 32.6 Å². The minimum Gasteiger partial charge on any atom is -0.368 e. The highest BCUT2D eigenvalue weighted by molar-refractivity contribution is 5.03. The zero-order valence-corrected chi connectivity index (χ0v) is 18.9. The van der Waals surface area contributed by atoms with Gasteiger partial charge in [0.25, 0.3) is 5.56 Å². The molecule has 3 aliphatic rings. The van der Waals surface area contributed by atoms with E-state index in [1.807, 2.05) is 0 Å². The van der Waals surface area contributed by atoms with Crippen LogP contribution in [0.3, 0.4) is 0 Å². The molecule has 0 spiro atoms. The Kier molecular flexibility index (Phi) is 8.67. The molecule has 0 saturated carbocycles. The molecule has 3 fully saturated rings. The third-order valence-corrected chi connectivity index (χ3v) is 6.12. The number of alkyl halides is 1. The highest BCUT2D eigenvalue weighted by Gasteiger charge is 2.49. The van der Waals surface area contributed by atoms with Crippen molar-refractivity contribution < 1.29 is 32.8 Å². The van der Waals surface area contributed by atoms with E-state index in [2.05, 4.69) is 4.98 Å². The number of H-pyrrole nitrogens is 1. The lowest BCUT2D eigenvalue weighted by Crippen LogP contribution is -2.44. The third-order valence-electron chi connectivity index (χ3n) is 6.12. The Bertz CT molecular complexity index is 865. The molecule has 3 unspecified atom stereocenters. The van der Waals surface area contributed by atoms with Gasteiger partial charge in [-0.2, -0.15) is 0 Å². The average Bonchev–Trinajstić information content (AvgIpc) is 3.16. The van der Waals surface area contributed by atoms with Crippen LogP contribution in [0.15, 0.2) is 15.8 Å². The molecule has 1 N–H and O–H groups in total. The van der Waals surface area contributed by atoms with E-state index in [1.165, 1.54) is 10.8 Å². The van der Waals surface area contributed by atoms with Crippen molar-refractivity contribution in [2.75, 3.05) is 33.1 Å². The molecule has 0 aliphatic carbocycles. The van der Waals surface area contributed by atoms with Gasteiger partial charge in [-0.05, 0) is 45.4 Å². The summed E-state index contributed by atoms with van der Waals surface area (Å²) in [5.74, 6) is 0. The molecule has 4 rings (SSSR count). The Morgan fingerprint density at radius 1 is 1.06 bits per heavy atom. The maximum atomic E-state index is 13.1. The highest BCUT2D eigenvalue weighted by atomic mass is 19.1. The minimum atomic E-state index is -0.936. The van der Waals surface area contributed by atoms with Crippen molar-refractivity contribution in [2.24, 2.45) is 0 Å². The van der Waals surface area contributed by atoms with Crippen molar-refractivity contribution in [2.45, 2.75) is 82.6 Å². The molecule has 0 amide bonds. The number of aromatic amines is 1. The number of aromatic nitrogens is 2. The van der Waals surface area contributed by atoms with E-state index in [1.54, 1.807) is 6.92 Å². The van der Waals surface area contributed by atoms with E-state index in [4.69, 9.17) is 28.4 Å². The second-order valence-corrected chi connectivity index (χ2v) is 8.59. The van der Waals surface area contributed by atoms with Crippen molar-refractivity contribution in [1.29, 1.82) is 0 Å². The Hall–Kier alpha value is -1.63. The molecule has 33 heavy (non-hydrogen) atoms. The monoisotopic (exact) mass is 472 g/mol. The van der Waals surface area contributed by atoms with Crippen LogP contribution in [-0.2, 0) is 28.4 Å². The van der Waals surface area contributed by atoms with Crippen LogP contribution in [0.5, 0.6) is 0 Å². The maximum Gasteiger partial charge on any atom is 0.330 e. The zero-order chi connectivity index (χ0) is 23.2. The number of nitrogens with one attached hydrogen (secondary N) is 1. The molecule has 3 aliphatic heterocycles. The third kappa shape index (κ3) is 6.09. The lowest BCUT2D eigenvalue weighted by Gasteiger charge is -2.31. The number of rotatable bonds is 9. The molecule has 4 heterocycles. The Balaban J connectivity index is 1.58. The number of halogens is 1. The molecule has 11 heteroatoms. The van der Waals surface area contributed by atoms with Gasteiger partial charge in [-0.25, -0.2) is 9.18 Å². The minimum absolute atomic E-state index is 0.144. The maximum absolute atomic E-state index is 13.1. The summed E-state index contributed by atoms with van der Waals surface area (Å²) in [6.07, 6.45) is 3.04. The van der Waals surface area contributed by atoms with Crippen LogP contribution < -0.4 is 11.2 Å². The molecular weight excluding hydrogens is 439 g/mol. The summed E-state index contributed by atoms with van der Waals surface area (Å²) in [6.45, 7) is 2.08. The number of aryl methyl sites for hydroxylation is 1. The topological polar surface area (TPSA) is 110 Å². The van der Waals surface area contributed by atoms with Crippen LogP contribution in [-0.4, -0.2) is 73.5 Å². The van der Waals surface area contributed by atoms with Gasteiger partial charge in [-0.15, -0.1) is 0 Å². The Morgan fingerprint density at radius 3 is 2.45 bits per heavy atom. The molecule has 1 aromatic rings. The predicted molar refractivity (Wildman–Crippen MR) is 114 cm³/mol. The van der Waals surface area contributed by atoms with E-state index >= 15 is 0 Å². The number of hydrogen-bond acceptors (Lipinski definition) is 8. The van der Waals surface area contributed by atoms with E-state index in [0.29, 0.717) is 25.2 Å². The summed E-state index contributed by atoms with van der Waals surface area (Å²) in [4.78, 5) is 26.7. The summed E-state index contributed by atoms with van der Waals surface area (Å²) < 4.78 is 49.9. The van der Waals surface area contributed by atoms with Crippen LogP contribution in [0.1, 0.15) is 50.3 Å². The normalized spacial score (nSPS) is 32.8. The number of nitrogens with zero attached hydrogens (tertiary/aromatic N) is 1. The van der Waals surface area contributed by atoms with E-state index in [0.717, 1.165) is 32.1 Å². The van der Waals surface area contributed by atoms with Crippen LogP contribution in [0, 0.1) is 6.92 Å². The fourth-order valence-corrected chi connectivity index (χ4v) is 4.40. The highest BCUT2D eigenvalue weighted by Crippen LogP contribution is 2.35. The van der Waals surface area contributed by atoms with Crippen molar-refractivity contribution in [1.82, 2.24) is 9.55 Å². The van der Waals surface area contributed by atoms with Crippen LogP contribution in [0.2, 0.25) is 0 Å². The second kappa shape index (κ2) is 11.7. The molecule has 0 aromatic carbocycles. The molecule has 3 saturated heterocycles. The largest absolute Gasteiger partial charge is 0.368 e. The molecule has 10 nitrogen and oxygen atoms in total. The van der Waals surface area contributed by atoms with Gasteiger partial charge in [-0.1, -0.05) is 0 Å². The second-order valence-electron chi connectivity index (χ2n) is 8.59. The van der Waals surface area contributed by atoms with E-state index in [9.17, 15) is 14.0 Å². The van der Waals surface area contributed by atoms with Gasteiger partial charge in [0.2, 0.25) is 0 Å². The standard InChI is InChI=1S/C22H33FN2O8/c1-14-12-25(22(27)24-20(14)26)21-19(30-11-8-23)18(33-17-7-3-5-10-29-17)15(32-21)13-31-16-6-2-4-9-28-16/h12,15-19,21H,2-11,13H2,1H3,(H,24,26,27)/t15-,16?,17?,18+,19?,21-/m1/s1. The van der Waals surface area contributed by atoms with Crippen LogP contribution in [0.25, 0.3) is 0 Å². The Morgan fingerprint density at radius 2 is 1.79 bits per heavy atom. The van der Waals surface area contributed by atoms with Crippen molar-refractivity contribution >= 4 is 0 Å². The summed E-state index contributed by atoms with van der Waals surface area (Å²) in [5.41, 5.74) is -0.784. The first-order chi connectivity index (χ1) is 16.1. The van der Waals surface area contributed by atoms with Gasteiger partial charge in [0.05, 0.1) is 13.2 Å². The van der Waals surface area contributed by atoms with Gasteiger partial charge < -0.3 is 28.4 Å². The lowest BCUT2D eigenvalue weighted by atomic mass is 10.1. The zero-order valence-electron chi connectivity index (χ0n) is 18.9. The van der Waals surface area contributed by atoms with E-state index in [-0.39, 0.29) is 19.5 Å². The number of ether oxygens (including phenoxy) is 6. The summed E-state index contributed by atoms with van der Waals surface area (Å²) in [5, 5.41) is 0. The van der Waals surface area contributed by atoms with Crippen LogP contribution >= 0.6 is 0 Å². The van der Waals surface area contributed by atoms with Crippen molar-refractivity contribution in [3.8, 4) is 0 Å². The van der Waals surface area contributed by atoms with Gasteiger partial charge in [0.1, 0.15) is 25.0 Å². The summed E-state index contributed by atoms with van der Waals surface area (Å²) >= 11 is 0. The number of hydrogen-bond donors (Lipinski definition) is 1. The van der Waals surface area contributed by atoms with Gasteiger partial charge in [0, 0.05) is 25.0 Å². The van der Waals surface area contributed by atoms with Gasteiger partial charge >= 0.3 is 5.69 Å². The van der Waals surface area contributed by atoms with Crippen LogP contribution in [0.4, 0.5) is 4.39 Å². The SMILES string of the molecule is Cc1cn([C@@H]2O[C@H](COC3CCCCO3)[C@H](OC3CCCCO3)C2OCCF)c(=O)[nH]c1=O. The first kappa shape index (κ1) is 24.5. The first-order valence-electron chi connectivity index (χ1n) is 11.7. The lowest BCUT2D eigenvalue weighted by molar-refractivity contribution is -0.225. The van der Waals surface area contributed by atoms with Gasteiger partial charge in [-0.3, -0.25) is 14.3 Å². The molecule has 0 bridgehead atoms.